The van der Waals surface area contributed by atoms with Crippen LogP contribution in [0.15, 0.2) is 116 Å². The van der Waals surface area contributed by atoms with Crippen molar-refractivity contribution in [1.82, 2.24) is 10.6 Å². The van der Waals surface area contributed by atoms with E-state index in [4.69, 9.17) is 9.47 Å². The molecule has 4 aliphatic rings. The van der Waals surface area contributed by atoms with Gasteiger partial charge in [0.25, 0.3) is 11.8 Å². The van der Waals surface area contributed by atoms with Crippen molar-refractivity contribution in [2.45, 2.75) is 19.6 Å². The van der Waals surface area contributed by atoms with Crippen molar-refractivity contribution in [3.05, 3.63) is 107 Å². The van der Waals surface area contributed by atoms with Crippen LogP contribution in [0.2, 0.25) is 0 Å². The monoisotopic (exact) mass is 532 g/mol. The average Bonchev–Trinajstić information content (AvgIpc) is 3.47. The van der Waals surface area contributed by atoms with Crippen LogP contribution in [-0.4, -0.2) is 11.8 Å². The zero-order valence-corrected chi connectivity index (χ0v) is 21.2. The minimum Gasteiger partial charge on any atom is -0.455 e. The Hall–Kier alpha value is -4.40. The molecule has 0 spiro atoms. The summed E-state index contributed by atoms with van der Waals surface area (Å²) in [7, 11) is 0. The number of rotatable bonds is 2. The van der Waals surface area contributed by atoms with Gasteiger partial charge in [0.05, 0.1) is 42.1 Å². The zero-order chi connectivity index (χ0) is 25.4. The van der Waals surface area contributed by atoms with Crippen molar-refractivity contribution in [1.29, 1.82) is 0 Å². The van der Waals surface area contributed by atoms with Gasteiger partial charge in [0.15, 0.2) is 0 Å². The lowest BCUT2D eigenvalue weighted by atomic mass is 10.0. The third kappa shape index (κ3) is 3.24. The molecule has 0 fully saturated rings. The Bertz CT molecular complexity index is 1690. The summed E-state index contributed by atoms with van der Waals surface area (Å²) in [6.45, 7) is 0. The highest BCUT2D eigenvalue weighted by Gasteiger charge is 2.41. The standard InChI is InChI=1S/C30H16N2O4S2/c33-29-25-26(28(32-29)16-10-12-24-20(14-16)36-18-6-2-4-8-22(18)38-24)30(34)31-27(25)15-9-11-23-19(13-15)35-17-5-1-3-7-21(17)37-23/h1-14H,(H,31,34)(H,32,33). The summed E-state index contributed by atoms with van der Waals surface area (Å²) in [5.41, 5.74) is 3.05. The SMILES string of the molecule is O=C1NC(c2ccc3c(c2)Oc2ccccc2S3)=C2C(=O)NC(c3ccc4c(c3)Oc3ccccc3S4)=C12. The van der Waals surface area contributed by atoms with E-state index in [1.54, 1.807) is 23.5 Å². The second-order valence-corrected chi connectivity index (χ2v) is 11.2. The third-order valence-electron chi connectivity index (χ3n) is 6.72. The van der Waals surface area contributed by atoms with Gasteiger partial charge in [-0.3, -0.25) is 9.59 Å². The van der Waals surface area contributed by atoms with E-state index in [-0.39, 0.29) is 11.8 Å². The Morgan fingerprint density at radius 1 is 0.500 bits per heavy atom. The van der Waals surface area contributed by atoms with Crippen molar-refractivity contribution in [2.75, 3.05) is 0 Å². The summed E-state index contributed by atoms with van der Waals surface area (Å²) in [6.07, 6.45) is 0. The van der Waals surface area contributed by atoms with Crippen molar-refractivity contribution in [3.63, 3.8) is 0 Å². The number of carbonyl (C=O) groups is 2. The maximum atomic E-state index is 13.2. The minimum atomic E-state index is -0.319. The molecule has 2 N–H and O–H groups in total. The molecule has 0 atom stereocenters. The van der Waals surface area contributed by atoms with E-state index in [0.717, 1.165) is 31.1 Å². The largest absolute Gasteiger partial charge is 0.455 e. The number of ether oxygens (including phenoxy) is 2. The maximum absolute atomic E-state index is 13.2. The quantitative estimate of drug-likeness (QED) is 0.262. The molecular weight excluding hydrogens is 516 g/mol. The molecule has 2 amide bonds. The molecule has 4 aliphatic heterocycles. The topological polar surface area (TPSA) is 76.7 Å². The normalized spacial score (nSPS) is 16.4. The van der Waals surface area contributed by atoms with Gasteiger partial charge in [-0.05, 0) is 48.5 Å². The van der Waals surface area contributed by atoms with Crippen LogP contribution in [0.25, 0.3) is 11.4 Å². The van der Waals surface area contributed by atoms with E-state index in [2.05, 4.69) is 10.6 Å². The highest BCUT2D eigenvalue weighted by Crippen LogP contribution is 2.50. The Morgan fingerprint density at radius 3 is 1.39 bits per heavy atom. The molecule has 0 saturated heterocycles. The van der Waals surface area contributed by atoms with Gasteiger partial charge in [-0.1, -0.05) is 59.9 Å². The van der Waals surface area contributed by atoms with Gasteiger partial charge in [-0.2, -0.15) is 0 Å². The van der Waals surface area contributed by atoms with Crippen LogP contribution in [0.5, 0.6) is 23.0 Å². The molecule has 38 heavy (non-hydrogen) atoms. The van der Waals surface area contributed by atoms with E-state index in [1.807, 2.05) is 84.9 Å². The number of para-hydroxylation sites is 2. The Kier molecular flexibility index (Phi) is 4.59. The van der Waals surface area contributed by atoms with Crippen LogP contribution in [0.3, 0.4) is 0 Å². The molecule has 0 aliphatic carbocycles. The lowest BCUT2D eigenvalue weighted by Crippen LogP contribution is -2.21. The number of benzene rings is 4. The molecule has 4 aromatic carbocycles. The van der Waals surface area contributed by atoms with Gasteiger partial charge < -0.3 is 20.1 Å². The third-order valence-corrected chi connectivity index (χ3v) is 8.95. The van der Waals surface area contributed by atoms with E-state index < -0.39 is 0 Å². The molecule has 0 bridgehead atoms. The van der Waals surface area contributed by atoms with Crippen LogP contribution in [0, 0.1) is 0 Å². The number of amides is 2. The van der Waals surface area contributed by atoms with E-state index in [0.29, 0.717) is 45.2 Å². The van der Waals surface area contributed by atoms with Crippen LogP contribution >= 0.6 is 23.5 Å². The molecule has 0 saturated carbocycles. The van der Waals surface area contributed by atoms with Crippen LogP contribution in [0.1, 0.15) is 11.1 Å². The van der Waals surface area contributed by atoms with Gasteiger partial charge in [0, 0.05) is 11.1 Å². The number of hydrogen-bond donors (Lipinski definition) is 2. The van der Waals surface area contributed by atoms with Gasteiger partial charge in [0.2, 0.25) is 0 Å². The molecule has 0 unspecified atom stereocenters. The lowest BCUT2D eigenvalue weighted by molar-refractivity contribution is -0.117. The first-order chi connectivity index (χ1) is 18.6. The highest BCUT2D eigenvalue weighted by atomic mass is 32.2. The van der Waals surface area contributed by atoms with Gasteiger partial charge in [0.1, 0.15) is 23.0 Å². The maximum Gasteiger partial charge on any atom is 0.258 e. The first-order valence-electron chi connectivity index (χ1n) is 11.9. The first-order valence-corrected chi connectivity index (χ1v) is 13.6. The zero-order valence-electron chi connectivity index (χ0n) is 19.5. The molecule has 0 aromatic heterocycles. The van der Waals surface area contributed by atoms with Crippen LogP contribution in [-0.2, 0) is 9.59 Å². The first kappa shape index (κ1) is 21.7. The summed E-state index contributed by atoms with van der Waals surface area (Å²) in [6, 6.07) is 27.2. The predicted molar refractivity (Wildman–Crippen MR) is 144 cm³/mol. The molecule has 8 heteroatoms. The van der Waals surface area contributed by atoms with E-state index in [9.17, 15) is 9.59 Å². The second-order valence-electron chi connectivity index (χ2n) is 9.03. The molecule has 6 nitrogen and oxygen atoms in total. The fourth-order valence-electron chi connectivity index (χ4n) is 4.98. The number of carbonyl (C=O) groups excluding carboxylic acids is 2. The Balaban J connectivity index is 1.19. The van der Waals surface area contributed by atoms with Crippen molar-refractivity contribution >= 4 is 46.7 Å². The molecular formula is C30H16N2O4S2. The smallest absolute Gasteiger partial charge is 0.258 e. The second kappa shape index (κ2) is 8.05. The Labute approximate surface area is 225 Å². The van der Waals surface area contributed by atoms with E-state index >= 15 is 0 Å². The molecule has 4 aromatic rings. The summed E-state index contributed by atoms with van der Waals surface area (Å²) < 4.78 is 12.3. The van der Waals surface area contributed by atoms with Gasteiger partial charge in [-0.15, -0.1) is 0 Å². The van der Waals surface area contributed by atoms with Crippen molar-refractivity contribution in [3.8, 4) is 23.0 Å². The Morgan fingerprint density at radius 2 is 0.921 bits per heavy atom. The minimum absolute atomic E-state index is 0.319. The average molecular weight is 533 g/mol. The number of nitrogens with one attached hydrogen (secondary N) is 2. The van der Waals surface area contributed by atoms with Crippen LogP contribution < -0.4 is 20.1 Å². The highest BCUT2D eigenvalue weighted by molar-refractivity contribution is 7.99. The van der Waals surface area contributed by atoms with Crippen molar-refractivity contribution in [2.24, 2.45) is 0 Å². The van der Waals surface area contributed by atoms with E-state index in [1.165, 1.54) is 0 Å². The summed E-state index contributed by atoms with van der Waals surface area (Å²) in [5, 5.41) is 5.86. The summed E-state index contributed by atoms with van der Waals surface area (Å²) in [5.74, 6) is 2.31. The molecule has 0 radical (unpaired) electrons. The lowest BCUT2D eigenvalue weighted by Gasteiger charge is -2.20. The number of fused-ring (bicyclic) bond motifs is 5. The summed E-state index contributed by atoms with van der Waals surface area (Å²) in [4.78, 5) is 30.4. The molecule has 182 valence electrons. The fourth-order valence-corrected chi connectivity index (χ4v) is 6.84. The van der Waals surface area contributed by atoms with Crippen LogP contribution in [0.4, 0.5) is 0 Å². The fraction of sp³-hybridized carbons (Fsp3) is 0. The molecule has 4 heterocycles. The van der Waals surface area contributed by atoms with Gasteiger partial charge in [-0.25, -0.2) is 0 Å². The predicted octanol–water partition coefficient (Wildman–Crippen LogP) is 6.58. The van der Waals surface area contributed by atoms with Crippen molar-refractivity contribution < 1.29 is 19.1 Å². The molecule has 8 rings (SSSR count). The number of hydrogen-bond acceptors (Lipinski definition) is 6. The van der Waals surface area contributed by atoms with Gasteiger partial charge >= 0.3 is 0 Å². The summed E-state index contributed by atoms with van der Waals surface area (Å²) >= 11 is 3.26.